The minimum atomic E-state index is 0.552. The molecule has 0 aliphatic heterocycles. The van der Waals surface area contributed by atoms with Gasteiger partial charge in [0.2, 0.25) is 0 Å². The molecular formula is C14H23N. The third kappa shape index (κ3) is 3.43. The normalized spacial score (nSPS) is 10.3. The van der Waals surface area contributed by atoms with Gasteiger partial charge in [-0.25, -0.2) is 0 Å². The molecule has 1 heteroatoms. The van der Waals surface area contributed by atoms with E-state index in [0.717, 1.165) is 5.69 Å². The van der Waals surface area contributed by atoms with Gasteiger partial charge in [-0.05, 0) is 24.5 Å². The second-order valence-corrected chi connectivity index (χ2v) is 3.43. The maximum Gasteiger partial charge on any atom is 0.0450 e. The van der Waals surface area contributed by atoms with Gasteiger partial charge < -0.3 is 4.98 Å². The summed E-state index contributed by atoms with van der Waals surface area (Å²) in [6, 6.07) is 0. The summed E-state index contributed by atoms with van der Waals surface area (Å²) in [4.78, 5) is 3.22. The Labute approximate surface area is 93.9 Å². The second kappa shape index (κ2) is 7.10. The van der Waals surface area contributed by atoms with E-state index in [2.05, 4.69) is 43.8 Å². The van der Waals surface area contributed by atoms with Gasteiger partial charge in [0.05, 0.1) is 0 Å². The van der Waals surface area contributed by atoms with Crippen LogP contribution in [-0.4, -0.2) is 4.98 Å². The van der Waals surface area contributed by atoms with E-state index in [9.17, 15) is 0 Å². The van der Waals surface area contributed by atoms with Gasteiger partial charge in [0.15, 0.2) is 0 Å². The maximum atomic E-state index is 3.78. The van der Waals surface area contributed by atoms with Crippen LogP contribution in [0.4, 0.5) is 0 Å². The van der Waals surface area contributed by atoms with Crippen molar-refractivity contribution in [1.29, 1.82) is 0 Å². The molecule has 0 bridgehead atoms. The van der Waals surface area contributed by atoms with Gasteiger partial charge >= 0.3 is 0 Å². The summed E-state index contributed by atoms with van der Waals surface area (Å²) in [5.41, 5.74) is 3.74. The quantitative estimate of drug-likeness (QED) is 0.726. The zero-order chi connectivity index (χ0) is 11.8. The number of hydrogen-bond acceptors (Lipinski definition) is 0. The fourth-order valence-corrected chi connectivity index (χ4v) is 1.47. The highest BCUT2D eigenvalue weighted by Gasteiger charge is 2.08. The van der Waals surface area contributed by atoms with Crippen molar-refractivity contribution < 1.29 is 0 Å². The lowest BCUT2D eigenvalue weighted by Gasteiger charge is -2.03. The lowest BCUT2D eigenvalue weighted by Crippen LogP contribution is -1.87. The summed E-state index contributed by atoms with van der Waals surface area (Å²) in [5.74, 6) is 0.552. The summed E-state index contributed by atoms with van der Waals surface area (Å²) in [6.45, 7) is 14.2. The monoisotopic (exact) mass is 205 g/mol. The summed E-state index contributed by atoms with van der Waals surface area (Å²) in [5, 5.41) is 0. The lowest BCUT2D eigenvalue weighted by molar-refractivity contribution is 0.866. The first-order chi connectivity index (χ1) is 7.20. The molecule has 1 aromatic rings. The zero-order valence-electron chi connectivity index (χ0n) is 10.6. The van der Waals surface area contributed by atoms with E-state index >= 15 is 0 Å². The smallest absolute Gasteiger partial charge is 0.0450 e. The number of aromatic nitrogens is 1. The van der Waals surface area contributed by atoms with Crippen molar-refractivity contribution in [3.05, 3.63) is 35.7 Å². The molecule has 0 fully saturated rings. The average molecular weight is 205 g/mol. The maximum absolute atomic E-state index is 3.78. The van der Waals surface area contributed by atoms with Crippen molar-refractivity contribution in [2.24, 2.45) is 0 Å². The van der Waals surface area contributed by atoms with Crippen LogP contribution in [0.5, 0.6) is 0 Å². The second-order valence-electron chi connectivity index (χ2n) is 3.43. The summed E-state index contributed by atoms with van der Waals surface area (Å²) < 4.78 is 0. The Kier molecular flexibility index (Phi) is 6.52. The van der Waals surface area contributed by atoms with Crippen molar-refractivity contribution in [3.8, 4) is 0 Å². The molecule has 0 aliphatic carbocycles. The molecule has 0 atom stereocenters. The summed E-state index contributed by atoms with van der Waals surface area (Å²) >= 11 is 0. The van der Waals surface area contributed by atoms with Crippen LogP contribution >= 0.6 is 0 Å². The Hall–Kier alpha value is -1.24. The first-order valence-corrected chi connectivity index (χ1v) is 5.67. The van der Waals surface area contributed by atoms with Crippen LogP contribution in [0.25, 0.3) is 12.2 Å². The predicted molar refractivity (Wildman–Crippen MR) is 71.0 cm³/mol. The van der Waals surface area contributed by atoms with Gasteiger partial charge in [0.25, 0.3) is 0 Å². The molecule has 1 aromatic heterocycles. The van der Waals surface area contributed by atoms with E-state index in [-0.39, 0.29) is 0 Å². The van der Waals surface area contributed by atoms with Gasteiger partial charge in [0.1, 0.15) is 0 Å². The van der Waals surface area contributed by atoms with Gasteiger partial charge in [-0.2, -0.15) is 0 Å². The highest BCUT2D eigenvalue weighted by Crippen LogP contribution is 2.24. The van der Waals surface area contributed by atoms with Crippen molar-refractivity contribution >= 4 is 12.2 Å². The molecule has 0 saturated carbocycles. The standard InChI is InChI=1S/C12H17N.C2H6/c1-5-7-10-11(9(3)4)8-13-12(10)6-2;1-2/h5-9,13H,2H2,1,3-4H3;1-2H3/b7-5-;. The number of rotatable bonds is 3. The van der Waals surface area contributed by atoms with Crippen LogP contribution in [0.15, 0.2) is 18.9 Å². The molecule has 15 heavy (non-hydrogen) atoms. The fraction of sp³-hybridized carbons (Fsp3) is 0.429. The van der Waals surface area contributed by atoms with Gasteiger partial charge in [0, 0.05) is 17.5 Å². The van der Waals surface area contributed by atoms with Gasteiger partial charge in [-0.1, -0.05) is 46.4 Å². The van der Waals surface area contributed by atoms with E-state index < -0.39 is 0 Å². The first kappa shape index (κ1) is 13.8. The Balaban J connectivity index is 0.000000921. The van der Waals surface area contributed by atoms with Gasteiger partial charge in [-0.15, -0.1) is 0 Å². The lowest BCUT2D eigenvalue weighted by atomic mass is 10.0. The van der Waals surface area contributed by atoms with E-state index in [1.807, 2.05) is 26.8 Å². The molecule has 0 aliphatic rings. The summed E-state index contributed by atoms with van der Waals surface area (Å²) in [6.07, 6.45) is 8.11. The number of allylic oxidation sites excluding steroid dienone is 1. The average Bonchev–Trinajstić information content (AvgIpc) is 2.64. The number of aromatic amines is 1. The molecule has 84 valence electrons. The SMILES string of the molecule is C=Cc1[nH]cc(C(C)C)c1/C=C\C.CC. The van der Waals surface area contributed by atoms with Crippen molar-refractivity contribution in [2.75, 3.05) is 0 Å². The van der Waals surface area contributed by atoms with Crippen molar-refractivity contribution in [2.45, 2.75) is 40.5 Å². The molecule has 1 heterocycles. The van der Waals surface area contributed by atoms with Crippen LogP contribution in [0.1, 0.15) is 57.4 Å². The number of hydrogen-bond donors (Lipinski definition) is 1. The Bertz CT molecular complexity index is 316. The molecule has 1 N–H and O–H groups in total. The third-order valence-electron chi connectivity index (χ3n) is 2.14. The summed E-state index contributed by atoms with van der Waals surface area (Å²) in [7, 11) is 0. The highest BCUT2D eigenvalue weighted by atomic mass is 14.7. The predicted octanol–water partition coefficient (Wildman–Crippen LogP) is 4.84. The van der Waals surface area contributed by atoms with Crippen LogP contribution in [0, 0.1) is 0 Å². The molecular weight excluding hydrogens is 182 g/mol. The van der Waals surface area contributed by atoms with Crippen molar-refractivity contribution in [3.63, 3.8) is 0 Å². The Morgan fingerprint density at radius 1 is 1.33 bits per heavy atom. The largest absolute Gasteiger partial charge is 0.361 e. The molecule has 0 unspecified atom stereocenters. The van der Waals surface area contributed by atoms with Crippen LogP contribution in [0.3, 0.4) is 0 Å². The van der Waals surface area contributed by atoms with Crippen LogP contribution < -0.4 is 0 Å². The topological polar surface area (TPSA) is 15.8 Å². The number of H-pyrrole nitrogens is 1. The molecule has 0 saturated heterocycles. The molecule has 0 amide bonds. The molecule has 1 nitrogen and oxygen atoms in total. The minimum Gasteiger partial charge on any atom is -0.361 e. The van der Waals surface area contributed by atoms with Gasteiger partial charge in [-0.3, -0.25) is 0 Å². The fourth-order valence-electron chi connectivity index (χ4n) is 1.47. The molecule has 1 rings (SSSR count). The van der Waals surface area contributed by atoms with Crippen molar-refractivity contribution in [1.82, 2.24) is 4.98 Å². The number of nitrogens with one attached hydrogen (secondary N) is 1. The molecule has 0 spiro atoms. The van der Waals surface area contributed by atoms with Crippen LogP contribution in [0.2, 0.25) is 0 Å². The van der Waals surface area contributed by atoms with Crippen LogP contribution in [-0.2, 0) is 0 Å². The first-order valence-electron chi connectivity index (χ1n) is 5.67. The highest BCUT2D eigenvalue weighted by molar-refractivity contribution is 5.65. The third-order valence-corrected chi connectivity index (χ3v) is 2.14. The van der Waals surface area contributed by atoms with E-state index in [1.54, 1.807) is 0 Å². The minimum absolute atomic E-state index is 0.552. The van der Waals surface area contributed by atoms with E-state index in [1.165, 1.54) is 11.1 Å². The Morgan fingerprint density at radius 3 is 2.33 bits per heavy atom. The molecule has 0 radical (unpaired) electrons. The van der Waals surface area contributed by atoms with E-state index in [0.29, 0.717) is 5.92 Å². The Morgan fingerprint density at radius 2 is 1.93 bits per heavy atom. The zero-order valence-corrected chi connectivity index (χ0v) is 10.6. The molecule has 0 aromatic carbocycles. The van der Waals surface area contributed by atoms with E-state index in [4.69, 9.17) is 0 Å².